The quantitative estimate of drug-likeness (QED) is 0.724. The molecule has 0 saturated heterocycles. The molecule has 1 aromatic carbocycles. The van der Waals surface area contributed by atoms with Gasteiger partial charge in [-0.25, -0.2) is 0 Å². The molecule has 17 heavy (non-hydrogen) atoms. The number of hydrogen-bond acceptors (Lipinski definition) is 5. The van der Waals surface area contributed by atoms with Crippen LogP contribution in [0.2, 0.25) is 0 Å². The van der Waals surface area contributed by atoms with Crippen molar-refractivity contribution >= 4 is 11.9 Å². The molecule has 1 aromatic rings. The van der Waals surface area contributed by atoms with E-state index in [9.17, 15) is 14.7 Å². The van der Waals surface area contributed by atoms with Crippen molar-refractivity contribution < 1.29 is 24.2 Å². The van der Waals surface area contributed by atoms with E-state index < -0.39 is 18.4 Å². The third-order valence-corrected chi connectivity index (χ3v) is 2.01. The molecule has 0 atom stereocenters. The van der Waals surface area contributed by atoms with Gasteiger partial charge in [-0.1, -0.05) is 0 Å². The van der Waals surface area contributed by atoms with Gasteiger partial charge in [0.15, 0.2) is 0 Å². The van der Waals surface area contributed by atoms with Gasteiger partial charge in [0, 0.05) is 11.6 Å². The summed E-state index contributed by atoms with van der Waals surface area (Å²) in [6.07, 6.45) is 0. The highest BCUT2D eigenvalue weighted by Crippen LogP contribution is 2.22. The first-order chi connectivity index (χ1) is 8.06. The lowest BCUT2D eigenvalue weighted by Gasteiger charge is -2.09. The predicted octanol–water partition coefficient (Wildman–Crippen LogP) is -0.816. The lowest BCUT2D eigenvalue weighted by molar-refractivity contribution is -0.303. The van der Waals surface area contributed by atoms with Gasteiger partial charge in [-0.2, -0.15) is 0 Å². The number of carboxylic acid groups (broad SMARTS) is 1. The van der Waals surface area contributed by atoms with Crippen LogP contribution in [-0.2, 0) is 4.79 Å². The smallest absolute Gasteiger partial charge is 0.251 e. The monoisotopic (exact) mass is 238 g/mol. The maximum atomic E-state index is 11.6. The first kappa shape index (κ1) is 12.8. The van der Waals surface area contributed by atoms with Crippen molar-refractivity contribution in [3.63, 3.8) is 0 Å². The van der Waals surface area contributed by atoms with E-state index in [1.807, 2.05) is 0 Å². The number of aliphatic carboxylic acids is 1. The first-order valence-electron chi connectivity index (χ1n) is 4.78. The third kappa shape index (κ3) is 3.67. The summed E-state index contributed by atoms with van der Waals surface area (Å²) in [5, 5.41) is 12.4. The van der Waals surface area contributed by atoms with Gasteiger partial charge in [0.05, 0.1) is 26.7 Å². The number of carbonyl (C=O) groups excluding carboxylic acids is 2. The summed E-state index contributed by atoms with van der Waals surface area (Å²) in [5.74, 6) is -0.995. The van der Waals surface area contributed by atoms with Crippen LogP contribution in [-0.4, -0.2) is 32.6 Å². The summed E-state index contributed by atoms with van der Waals surface area (Å²) in [6.45, 7) is -0.543. The van der Waals surface area contributed by atoms with Gasteiger partial charge >= 0.3 is 0 Å². The molecule has 1 amide bonds. The number of ether oxygens (including phenoxy) is 2. The van der Waals surface area contributed by atoms with Crippen molar-refractivity contribution in [3.8, 4) is 11.5 Å². The largest absolute Gasteiger partial charge is 0.548 e. The number of rotatable bonds is 5. The van der Waals surface area contributed by atoms with E-state index in [0.717, 1.165) is 0 Å². The van der Waals surface area contributed by atoms with Gasteiger partial charge in [-0.15, -0.1) is 0 Å². The Morgan fingerprint density at radius 1 is 1.18 bits per heavy atom. The van der Waals surface area contributed by atoms with Crippen molar-refractivity contribution in [3.05, 3.63) is 23.8 Å². The van der Waals surface area contributed by atoms with Gasteiger partial charge in [-0.3, -0.25) is 4.79 Å². The van der Waals surface area contributed by atoms with Crippen LogP contribution in [0.4, 0.5) is 0 Å². The molecule has 0 unspecified atom stereocenters. The Labute approximate surface area is 98.2 Å². The topological polar surface area (TPSA) is 87.7 Å². The second-order valence-corrected chi connectivity index (χ2v) is 3.16. The number of carboxylic acids is 1. The second kappa shape index (κ2) is 5.74. The summed E-state index contributed by atoms with van der Waals surface area (Å²) in [5.41, 5.74) is 0.252. The Morgan fingerprint density at radius 3 is 2.12 bits per heavy atom. The van der Waals surface area contributed by atoms with Crippen molar-refractivity contribution in [1.29, 1.82) is 0 Å². The Hall–Kier alpha value is -2.24. The number of methoxy groups -OCH3 is 2. The first-order valence-corrected chi connectivity index (χ1v) is 4.78. The van der Waals surface area contributed by atoms with E-state index in [-0.39, 0.29) is 5.56 Å². The third-order valence-electron chi connectivity index (χ3n) is 2.01. The Morgan fingerprint density at radius 2 is 1.71 bits per heavy atom. The van der Waals surface area contributed by atoms with E-state index >= 15 is 0 Å². The Balaban J connectivity index is 2.88. The zero-order valence-electron chi connectivity index (χ0n) is 9.48. The molecule has 0 radical (unpaired) electrons. The van der Waals surface area contributed by atoms with Crippen molar-refractivity contribution in [2.45, 2.75) is 0 Å². The van der Waals surface area contributed by atoms with Gasteiger partial charge < -0.3 is 24.7 Å². The number of nitrogens with one attached hydrogen (secondary N) is 1. The van der Waals surface area contributed by atoms with Crippen LogP contribution < -0.4 is 19.9 Å². The van der Waals surface area contributed by atoms with Crippen molar-refractivity contribution in [2.24, 2.45) is 0 Å². The fourth-order valence-electron chi connectivity index (χ4n) is 1.19. The molecule has 6 heteroatoms. The second-order valence-electron chi connectivity index (χ2n) is 3.16. The van der Waals surface area contributed by atoms with Crippen LogP contribution in [0.1, 0.15) is 10.4 Å². The van der Waals surface area contributed by atoms with Gasteiger partial charge in [-0.05, 0) is 12.1 Å². The molecule has 0 spiro atoms. The number of benzene rings is 1. The average molecular weight is 238 g/mol. The molecule has 1 rings (SSSR count). The molecule has 0 fully saturated rings. The van der Waals surface area contributed by atoms with Crippen LogP contribution in [0.3, 0.4) is 0 Å². The molecule has 0 aliphatic carbocycles. The van der Waals surface area contributed by atoms with Crippen molar-refractivity contribution in [2.75, 3.05) is 20.8 Å². The summed E-state index contributed by atoms with van der Waals surface area (Å²) in [7, 11) is 2.91. The fourth-order valence-corrected chi connectivity index (χ4v) is 1.19. The zero-order valence-corrected chi connectivity index (χ0v) is 9.48. The molecule has 0 aromatic heterocycles. The molecule has 6 nitrogen and oxygen atoms in total. The minimum absolute atomic E-state index is 0.252. The van der Waals surface area contributed by atoms with Crippen LogP contribution in [0.25, 0.3) is 0 Å². The van der Waals surface area contributed by atoms with Crippen LogP contribution in [0, 0.1) is 0 Å². The Kier molecular flexibility index (Phi) is 4.33. The molecule has 0 saturated carbocycles. The van der Waals surface area contributed by atoms with E-state index in [2.05, 4.69) is 5.32 Å². The number of amides is 1. The summed E-state index contributed by atoms with van der Waals surface area (Å²) in [4.78, 5) is 21.8. The molecule has 0 heterocycles. The standard InChI is InChI=1S/C11H13NO5/c1-16-8-3-7(4-9(5-8)17-2)11(15)12-6-10(13)14/h3-5H,6H2,1-2H3,(H,12,15)(H,13,14)/p-1. The van der Waals surface area contributed by atoms with E-state index in [1.165, 1.54) is 26.4 Å². The summed E-state index contributed by atoms with van der Waals surface area (Å²) >= 11 is 0. The summed E-state index contributed by atoms with van der Waals surface area (Å²) < 4.78 is 9.97. The zero-order chi connectivity index (χ0) is 12.8. The van der Waals surface area contributed by atoms with Gasteiger partial charge in [0.25, 0.3) is 5.91 Å². The molecule has 1 N–H and O–H groups in total. The highest BCUT2D eigenvalue weighted by Gasteiger charge is 2.09. The molecule has 0 bridgehead atoms. The fraction of sp³-hybridized carbons (Fsp3) is 0.273. The molecule has 92 valence electrons. The van der Waals surface area contributed by atoms with E-state index in [0.29, 0.717) is 11.5 Å². The number of hydrogen-bond donors (Lipinski definition) is 1. The number of carbonyl (C=O) groups is 2. The molecule has 0 aliphatic rings. The van der Waals surface area contributed by atoms with E-state index in [1.54, 1.807) is 6.07 Å². The lowest BCUT2D eigenvalue weighted by atomic mass is 10.2. The predicted molar refractivity (Wildman–Crippen MR) is 56.9 cm³/mol. The van der Waals surface area contributed by atoms with Crippen LogP contribution >= 0.6 is 0 Å². The minimum atomic E-state index is -1.35. The van der Waals surface area contributed by atoms with Gasteiger partial charge in [0.2, 0.25) is 0 Å². The SMILES string of the molecule is COc1cc(OC)cc(C(=O)NCC(=O)[O-])c1. The highest BCUT2D eigenvalue weighted by molar-refractivity contribution is 5.96. The normalized spacial score (nSPS) is 9.53. The van der Waals surface area contributed by atoms with Crippen LogP contribution in [0.5, 0.6) is 11.5 Å². The van der Waals surface area contributed by atoms with Crippen molar-refractivity contribution in [1.82, 2.24) is 5.32 Å². The van der Waals surface area contributed by atoms with Crippen LogP contribution in [0.15, 0.2) is 18.2 Å². The molecular formula is C11H12NO5-. The van der Waals surface area contributed by atoms with Gasteiger partial charge in [0.1, 0.15) is 11.5 Å². The Bertz CT molecular complexity index is 408. The minimum Gasteiger partial charge on any atom is -0.548 e. The van der Waals surface area contributed by atoms with E-state index in [4.69, 9.17) is 9.47 Å². The maximum Gasteiger partial charge on any atom is 0.251 e. The summed E-state index contributed by atoms with van der Waals surface area (Å²) in [6, 6.07) is 4.57. The lowest BCUT2D eigenvalue weighted by Crippen LogP contribution is -2.37. The highest BCUT2D eigenvalue weighted by atomic mass is 16.5. The molecule has 0 aliphatic heterocycles. The molecular weight excluding hydrogens is 226 g/mol. The maximum absolute atomic E-state index is 11.6. The average Bonchev–Trinajstić information content (AvgIpc) is 2.34.